The maximum Gasteiger partial charge on any atom is 0.256 e. The minimum atomic E-state index is -0.845. The van der Waals surface area contributed by atoms with E-state index in [9.17, 15) is 9.90 Å². The SMILES string of the molecule is C#CCCN1C(=O)c2ccccc2C1O. The van der Waals surface area contributed by atoms with Crippen LogP contribution in [-0.4, -0.2) is 22.5 Å². The second-order valence-electron chi connectivity index (χ2n) is 3.41. The standard InChI is InChI=1S/C12H11NO2/c1-2-3-8-13-11(14)9-6-4-5-7-10(9)12(13)15/h1,4-7,11,14H,3,8H2. The zero-order valence-corrected chi connectivity index (χ0v) is 8.18. The lowest BCUT2D eigenvalue weighted by atomic mass is 10.1. The monoisotopic (exact) mass is 201 g/mol. The lowest BCUT2D eigenvalue weighted by Gasteiger charge is -2.19. The highest BCUT2D eigenvalue weighted by Crippen LogP contribution is 2.30. The van der Waals surface area contributed by atoms with Gasteiger partial charge in [-0.3, -0.25) is 4.79 Å². The summed E-state index contributed by atoms with van der Waals surface area (Å²) < 4.78 is 0. The van der Waals surface area contributed by atoms with Crippen LogP contribution >= 0.6 is 0 Å². The zero-order chi connectivity index (χ0) is 10.8. The third-order valence-electron chi connectivity index (χ3n) is 2.52. The average molecular weight is 201 g/mol. The van der Waals surface area contributed by atoms with Crippen molar-refractivity contribution in [1.29, 1.82) is 0 Å². The molecular formula is C12H11NO2. The number of carbonyl (C=O) groups excluding carboxylic acids is 1. The van der Waals surface area contributed by atoms with Gasteiger partial charge in [0.25, 0.3) is 5.91 Å². The highest BCUT2D eigenvalue weighted by molar-refractivity contribution is 5.98. The van der Waals surface area contributed by atoms with Crippen LogP contribution in [0.3, 0.4) is 0 Å². The molecule has 1 heterocycles. The first-order valence-corrected chi connectivity index (χ1v) is 4.77. The van der Waals surface area contributed by atoms with Crippen LogP contribution in [0, 0.1) is 12.3 Å². The lowest BCUT2D eigenvalue weighted by Crippen LogP contribution is -2.28. The summed E-state index contributed by atoms with van der Waals surface area (Å²) in [5.41, 5.74) is 1.24. The van der Waals surface area contributed by atoms with E-state index in [0.29, 0.717) is 24.1 Å². The molecule has 0 fully saturated rings. The highest BCUT2D eigenvalue weighted by Gasteiger charge is 2.34. The predicted molar refractivity (Wildman–Crippen MR) is 55.9 cm³/mol. The molecule has 1 amide bonds. The van der Waals surface area contributed by atoms with Crippen molar-refractivity contribution in [2.24, 2.45) is 0 Å². The second kappa shape index (κ2) is 3.76. The fraction of sp³-hybridized carbons (Fsp3) is 0.250. The van der Waals surface area contributed by atoms with Gasteiger partial charge in [-0.2, -0.15) is 0 Å². The van der Waals surface area contributed by atoms with E-state index in [-0.39, 0.29) is 5.91 Å². The van der Waals surface area contributed by atoms with Crippen molar-refractivity contribution in [3.63, 3.8) is 0 Å². The minimum absolute atomic E-state index is 0.145. The fourth-order valence-electron chi connectivity index (χ4n) is 1.76. The number of aliphatic hydroxyl groups is 1. The Morgan fingerprint density at radius 3 is 2.87 bits per heavy atom. The number of hydrogen-bond donors (Lipinski definition) is 1. The Morgan fingerprint density at radius 1 is 1.47 bits per heavy atom. The molecule has 1 aromatic carbocycles. The Balaban J connectivity index is 2.29. The van der Waals surface area contributed by atoms with Crippen molar-refractivity contribution in [2.75, 3.05) is 6.54 Å². The van der Waals surface area contributed by atoms with E-state index in [1.165, 1.54) is 4.90 Å². The topological polar surface area (TPSA) is 40.5 Å². The normalized spacial score (nSPS) is 18.8. The minimum Gasteiger partial charge on any atom is -0.369 e. The van der Waals surface area contributed by atoms with Gasteiger partial charge in [-0.05, 0) is 6.07 Å². The number of aliphatic hydroxyl groups excluding tert-OH is 1. The molecule has 76 valence electrons. The molecule has 0 aromatic heterocycles. The number of terminal acetylenes is 1. The number of carbonyl (C=O) groups is 1. The van der Waals surface area contributed by atoms with E-state index in [1.807, 2.05) is 0 Å². The predicted octanol–water partition coefficient (Wildman–Crippen LogP) is 1.16. The first-order valence-electron chi connectivity index (χ1n) is 4.77. The maximum absolute atomic E-state index is 11.8. The average Bonchev–Trinajstić information content (AvgIpc) is 2.51. The van der Waals surface area contributed by atoms with Crippen LogP contribution in [0.5, 0.6) is 0 Å². The maximum atomic E-state index is 11.8. The summed E-state index contributed by atoms with van der Waals surface area (Å²) in [7, 11) is 0. The molecule has 1 aromatic rings. The first kappa shape index (κ1) is 9.75. The Labute approximate surface area is 88.3 Å². The molecule has 0 saturated carbocycles. The van der Waals surface area contributed by atoms with Crippen molar-refractivity contribution in [3.05, 3.63) is 35.4 Å². The van der Waals surface area contributed by atoms with Crippen LogP contribution in [-0.2, 0) is 0 Å². The first-order chi connectivity index (χ1) is 7.25. The quantitative estimate of drug-likeness (QED) is 0.729. The summed E-state index contributed by atoms with van der Waals surface area (Å²) in [5, 5.41) is 9.87. The zero-order valence-electron chi connectivity index (χ0n) is 8.18. The summed E-state index contributed by atoms with van der Waals surface area (Å²) >= 11 is 0. The van der Waals surface area contributed by atoms with E-state index >= 15 is 0 Å². The van der Waals surface area contributed by atoms with Crippen LogP contribution in [0.2, 0.25) is 0 Å². The van der Waals surface area contributed by atoms with Gasteiger partial charge in [0.2, 0.25) is 0 Å². The molecule has 0 bridgehead atoms. The number of amides is 1. The van der Waals surface area contributed by atoms with Gasteiger partial charge in [0, 0.05) is 24.1 Å². The van der Waals surface area contributed by atoms with Crippen molar-refractivity contribution in [3.8, 4) is 12.3 Å². The Morgan fingerprint density at radius 2 is 2.20 bits per heavy atom. The van der Waals surface area contributed by atoms with Crippen molar-refractivity contribution < 1.29 is 9.90 Å². The van der Waals surface area contributed by atoms with Crippen LogP contribution in [0.25, 0.3) is 0 Å². The highest BCUT2D eigenvalue weighted by atomic mass is 16.3. The third-order valence-corrected chi connectivity index (χ3v) is 2.52. The van der Waals surface area contributed by atoms with E-state index in [4.69, 9.17) is 6.42 Å². The van der Waals surface area contributed by atoms with E-state index < -0.39 is 6.23 Å². The molecule has 1 N–H and O–H groups in total. The molecule has 0 radical (unpaired) electrons. The van der Waals surface area contributed by atoms with Crippen LogP contribution in [0.4, 0.5) is 0 Å². The van der Waals surface area contributed by atoms with Gasteiger partial charge in [-0.1, -0.05) is 18.2 Å². The summed E-state index contributed by atoms with van der Waals surface area (Å²) in [5.74, 6) is 2.31. The molecule has 1 unspecified atom stereocenters. The number of fused-ring (bicyclic) bond motifs is 1. The smallest absolute Gasteiger partial charge is 0.256 e. The Kier molecular flexibility index (Phi) is 2.44. The molecule has 0 aliphatic carbocycles. The molecule has 3 heteroatoms. The number of benzene rings is 1. The second-order valence-corrected chi connectivity index (χ2v) is 3.41. The van der Waals surface area contributed by atoms with Crippen LogP contribution < -0.4 is 0 Å². The Bertz CT molecular complexity index is 433. The van der Waals surface area contributed by atoms with Crippen molar-refractivity contribution in [1.82, 2.24) is 4.90 Å². The lowest BCUT2D eigenvalue weighted by molar-refractivity contribution is 0.0187. The molecular weight excluding hydrogens is 190 g/mol. The molecule has 1 atom stereocenters. The summed E-state index contributed by atoms with van der Waals surface area (Å²) in [4.78, 5) is 13.2. The van der Waals surface area contributed by atoms with Gasteiger partial charge < -0.3 is 10.0 Å². The molecule has 1 aliphatic rings. The summed E-state index contributed by atoms with van der Waals surface area (Å²) in [6.45, 7) is 0.394. The molecule has 2 rings (SSSR count). The van der Waals surface area contributed by atoms with Crippen LogP contribution in [0.15, 0.2) is 24.3 Å². The number of rotatable bonds is 2. The van der Waals surface area contributed by atoms with Gasteiger partial charge >= 0.3 is 0 Å². The Hall–Kier alpha value is -1.79. The molecule has 0 saturated heterocycles. The van der Waals surface area contributed by atoms with E-state index in [1.54, 1.807) is 24.3 Å². The number of hydrogen-bond acceptors (Lipinski definition) is 2. The van der Waals surface area contributed by atoms with Gasteiger partial charge in [0.1, 0.15) is 0 Å². The molecule has 0 spiro atoms. The van der Waals surface area contributed by atoms with E-state index in [2.05, 4.69) is 5.92 Å². The van der Waals surface area contributed by atoms with Gasteiger partial charge in [0.05, 0.1) is 0 Å². The van der Waals surface area contributed by atoms with Gasteiger partial charge in [0.15, 0.2) is 6.23 Å². The molecule has 15 heavy (non-hydrogen) atoms. The molecule has 1 aliphatic heterocycles. The van der Waals surface area contributed by atoms with Crippen LogP contribution in [0.1, 0.15) is 28.6 Å². The van der Waals surface area contributed by atoms with Gasteiger partial charge in [-0.25, -0.2) is 0 Å². The van der Waals surface area contributed by atoms with Crippen molar-refractivity contribution in [2.45, 2.75) is 12.6 Å². The van der Waals surface area contributed by atoms with E-state index in [0.717, 1.165) is 0 Å². The fourth-order valence-corrected chi connectivity index (χ4v) is 1.76. The van der Waals surface area contributed by atoms with Gasteiger partial charge in [-0.15, -0.1) is 12.3 Å². The largest absolute Gasteiger partial charge is 0.369 e. The van der Waals surface area contributed by atoms with Crippen molar-refractivity contribution >= 4 is 5.91 Å². The summed E-state index contributed by atoms with van der Waals surface area (Å²) in [6.07, 6.45) is 4.74. The third kappa shape index (κ3) is 1.49. The molecule has 3 nitrogen and oxygen atoms in total. The summed E-state index contributed by atoms with van der Waals surface area (Å²) in [6, 6.07) is 7.07. The number of nitrogens with zero attached hydrogens (tertiary/aromatic N) is 1.